The fraction of sp³-hybridized carbons (Fsp3) is 0.138. The third kappa shape index (κ3) is 3.85. The highest BCUT2D eigenvalue weighted by Gasteiger charge is 2.27. The van der Waals surface area contributed by atoms with E-state index in [2.05, 4.69) is 40.7 Å². The maximum Gasteiger partial charge on any atom is 0.374 e. The van der Waals surface area contributed by atoms with Crippen LogP contribution in [0, 0.1) is 0 Å². The molecular formula is C29H25N2O5S+. The Hall–Kier alpha value is -4.14. The van der Waals surface area contributed by atoms with Crippen LogP contribution in [0.15, 0.2) is 94.1 Å². The molecule has 0 aliphatic carbocycles. The average molecular weight is 514 g/mol. The van der Waals surface area contributed by atoms with E-state index in [1.165, 1.54) is 12.1 Å². The lowest BCUT2D eigenvalue weighted by Gasteiger charge is -2.15. The summed E-state index contributed by atoms with van der Waals surface area (Å²) in [6, 6.07) is 20.6. The van der Waals surface area contributed by atoms with Crippen molar-refractivity contribution >= 4 is 54.5 Å². The molecule has 0 radical (unpaired) electrons. The number of hydrogen-bond acceptors (Lipinski definition) is 5. The number of benzene rings is 4. The molecule has 186 valence electrons. The van der Waals surface area contributed by atoms with Crippen LogP contribution < -0.4 is 14.2 Å². The van der Waals surface area contributed by atoms with Gasteiger partial charge in [0.05, 0.1) is 16.7 Å². The lowest BCUT2D eigenvalue weighted by atomic mass is 10.1. The monoisotopic (exact) mass is 513 g/mol. The Morgan fingerprint density at radius 2 is 1.78 bits per heavy atom. The maximum atomic E-state index is 11.6. The summed E-state index contributed by atoms with van der Waals surface area (Å²) in [5.74, 6) is 2.05. The van der Waals surface area contributed by atoms with Gasteiger partial charge in [-0.3, -0.25) is 4.55 Å². The number of aryl methyl sites for hydroxylation is 1. The van der Waals surface area contributed by atoms with Crippen molar-refractivity contribution in [1.29, 1.82) is 0 Å². The Balaban J connectivity index is 1.37. The van der Waals surface area contributed by atoms with Gasteiger partial charge in [-0.15, -0.1) is 0 Å². The molecule has 5 aromatic rings. The van der Waals surface area contributed by atoms with Gasteiger partial charge in [-0.2, -0.15) is 13.0 Å². The van der Waals surface area contributed by atoms with E-state index < -0.39 is 10.1 Å². The van der Waals surface area contributed by atoms with Crippen LogP contribution in [0.3, 0.4) is 0 Å². The van der Waals surface area contributed by atoms with Crippen LogP contribution in [0.25, 0.3) is 38.7 Å². The molecule has 4 aromatic carbocycles. The molecule has 6 rings (SSSR count). The van der Waals surface area contributed by atoms with E-state index in [-0.39, 0.29) is 4.90 Å². The Morgan fingerprint density at radius 3 is 2.57 bits per heavy atom. The molecule has 0 atom stereocenters. The van der Waals surface area contributed by atoms with Gasteiger partial charge in [-0.1, -0.05) is 30.3 Å². The van der Waals surface area contributed by atoms with Gasteiger partial charge in [0.1, 0.15) is 6.54 Å². The summed E-state index contributed by atoms with van der Waals surface area (Å²) in [4.78, 5) is 1.90. The van der Waals surface area contributed by atoms with Gasteiger partial charge in [-0.25, -0.2) is 0 Å². The summed E-state index contributed by atoms with van der Waals surface area (Å²) in [5, 5.41) is 3.65. The number of ether oxygens (including phenoxy) is 1. The normalized spacial score (nSPS) is 14.9. The molecule has 7 nitrogen and oxygen atoms in total. The molecule has 0 unspecified atom stereocenters. The number of anilines is 1. The first-order valence-corrected chi connectivity index (χ1v) is 13.5. The van der Waals surface area contributed by atoms with E-state index in [0.29, 0.717) is 23.6 Å². The third-order valence-corrected chi connectivity index (χ3v) is 7.56. The quantitative estimate of drug-likeness (QED) is 0.227. The minimum atomic E-state index is -4.28. The van der Waals surface area contributed by atoms with Crippen molar-refractivity contribution in [2.24, 2.45) is 0 Å². The molecule has 0 spiro atoms. The highest BCUT2D eigenvalue weighted by Crippen LogP contribution is 2.44. The van der Waals surface area contributed by atoms with Crippen molar-refractivity contribution < 1.29 is 26.7 Å². The molecule has 0 saturated heterocycles. The summed E-state index contributed by atoms with van der Waals surface area (Å²) in [6.07, 6.45) is 5.74. The Kier molecular flexibility index (Phi) is 5.51. The number of aromatic nitrogens is 1. The van der Waals surface area contributed by atoms with E-state index >= 15 is 0 Å². The van der Waals surface area contributed by atoms with Crippen molar-refractivity contribution in [3.63, 3.8) is 0 Å². The van der Waals surface area contributed by atoms with Crippen LogP contribution in [0.5, 0.6) is 5.75 Å². The second-order valence-electron chi connectivity index (χ2n) is 8.80. The fourth-order valence-corrected chi connectivity index (χ4v) is 5.49. The summed E-state index contributed by atoms with van der Waals surface area (Å²) >= 11 is 0. The van der Waals surface area contributed by atoms with E-state index in [4.69, 9.17) is 9.15 Å². The van der Waals surface area contributed by atoms with Gasteiger partial charge in [-0.05, 0) is 67.1 Å². The fourth-order valence-electron chi connectivity index (χ4n) is 4.97. The van der Waals surface area contributed by atoms with Crippen LogP contribution in [0.2, 0.25) is 0 Å². The summed E-state index contributed by atoms with van der Waals surface area (Å²) in [6.45, 7) is 5.58. The minimum absolute atomic E-state index is 0.146. The van der Waals surface area contributed by atoms with Gasteiger partial charge in [0.2, 0.25) is 11.5 Å². The third-order valence-electron chi connectivity index (χ3n) is 6.71. The molecule has 1 N–H and O–H groups in total. The molecule has 1 aliphatic rings. The number of nitrogens with zero attached hydrogens (tertiary/aromatic N) is 2. The predicted octanol–water partition coefficient (Wildman–Crippen LogP) is 6.07. The SMILES string of the molecule is CCN1/C(=C\C=C\c2oc3c4ccccc4ccc3[n+]2CC)Oc2c1ccc1cc(S(=O)(=O)O)ccc21. The van der Waals surface area contributed by atoms with Gasteiger partial charge >= 0.3 is 5.89 Å². The van der Waals surface area contributed by atoms with Gasteiger partial charge < -0.3 is 14.1 Å². The van der Waals surface area contributed by atoms with E-state index in [9.17, 15) is 13.0 Å². The van der Waals surface area contributed by atoms with Gasteiger partial charge in [0, 0.05) is 23.4 Å². The van der Waals surface area contributed by atoms with Crippen molar-refractivity contribution in [2.45, 2.75) is 25.3 Å². The number of allylic oxidation sites excluding steroid dienone is 2. The molecule has 0 amide bonds. The minimum Gasteiger partial charge on any atom is -0.438 e. The zero-order valence-electron chi connectivity index (χ0n) is 20.4. The lowest BCUT2D eigenvalue weighted by Crippen LogP contribution is -2.33. The molecule has 0 bridgehead atoms. The molecule has 37 heavy (non-hydrogen) atoms. The largest absolute Gasteiger partial charge is 0.438 e. The molecule has 0 fully saturated rings. The van der Waals surface area contributed by atoms with E-state index in [1.54, 1.807) is 6.07 Å². The van der Waals surface area contributed by atoms with Crippen molar-refractivity contribution in [3.05, 3.63) is 90.7 Å². The molecule has 8 heteroatoms. The Bertz CT molecular complexity index is 1870. The van der Waals surface area contributed by atoms with Crippen LogP contribution in [-0.4, -0.2) is 19.5 Å². The number of oxazole rings is 1. The molecule has 0 saturated carbocycles. The van der Waals surface area contributed by atoms with Crippen molar-refractivity contribution in [2.75, 3.05) is 11.4 Å². The van der Waals surface area contributed by atoms with E-state index in [1.807, 2.05) is 49.4 Å². The van der Waals surface area contributed by atoms with Crippen molar-refractivity contribution in [1.82, 2.24) is 0 Å². The standard InChI is InChI=1S/C29H24N2O5S/c1-3-30-24-16-12-19-8-5-6-9-22(19)28(24)35-26(30)10-7-11-27-31(4-2)25-17-13-20-18-21(37(32,33)34)14-15-23(20)29(25)36-27/h5-18H,3-4H2,1-2H3/p+1. The zero-order chi connectivity index (χ0) is 25.7. The number of rotatable bonds is 5. The first-order chi connectivity index (χ1) is 17.9. The summed E-state index contributed by atoms with van der Waals surface area (Å²) in [5.41, 5.74) is 2.81. The highest BCUT2D eigenvalue weighted by atomic mass is 32.2. The van der Waals surface area contributed by atoms with Crippen molar-refractivity contribution in [3.8, 4) is 5.75 Å². The van der Waals surface area contributed by atoms with Gasteiger partial charge in [0.25, 0.3) is 15.6 Å². The summed E-state index contributed by atoms with van der Waals surface area (Å²) in [7, 11) is -4.28. The first-order valence-electron chi connectivity index (χ1n) is 12.1. The second kappa shape index (κ2) is 8.76. The lowest BCUT2D eigenvalue weighted by molar-refractivity contribution is -0.674. The molecule has 1 aromatic heterocycles. The molecule has 1 aliphatic heterocycles. The Morgan fingerprint density at radius 1 is 0.973 bits per heavy atom. The average Bonchev–Trinajstić information content (AvgIpc) is 3.45. The molecular weight excluding hydrogens is 488 g/mol. The van der Waals surface area contributed by atoms with Crippen LogP contribution in [0.1, 0.15) is 19.7 Å². The molecule has 2 heterocycles. The maximum absolute atomic E-state index is 11.6. The smallest absolute Gasteiger partial charge is 0.374 e. The van der Waals surface area contributed by atoms with Crippen LogP contribution in [-0.2, 0) is 16.7 Å². The second-order valence-corrected chi connectivity index (χ2v) is 10.2. The Labute approximate surface area is 214 Å². The predicted molar refractivity (Wildman–Crippen MR) is 144 cm³/mol. The first kappa shape index (κ1) is 23.3. The van der Waals surface area contributed by atoms with Gasteiger partial charge in [0.15, 0.2) is 5.75 Å². The summed E-state index contributed by atoms with van der Waals surface area (Å²) < 4.78 is 47.2. The van der Waals surface area contributed by atoms with Crippen LogP contribution in [0.4, 0.5) is 5.69 Å². The number of fused-ring (bicyclic) bond motifs is 6. The van der Waals surface area contributed by atoms with Crippen LogP contribution >= 0.6 is 0 Å². The zero-order valence-corrected chi connectivity index (χ0v) is 21.2. The van der Waals surface area contributed by atoms with E-state index in [0.717, 1.165) is 45.4 Å². The topological polar surface area (TPSA) is 83.9 Å². The highest BCUT2D eigenvalue weighted by molar-refractivity contribution is 7.85. The number of hydrogen-bond donors (Lipinski definition) is 1.